The van der Waals surface area contributed by atoms with Gasteiger partial charge in [-0.2, -0.15) is 0 Å². The molecule has 3 rings (SSSR count). The number of carbonyl (C=O) groups excluding carboxylic acids is 2. The first-order valence-corrected chi connectivity index (χ1v) is 14.4. The van der Waals surface area contributed by atoms with Crippen LogP contribution in [0.15, 0.2) is 52.9 Å². The molecular formula is C31H42N4O7. The number of esters is 2. The summed E-state index contributed by atoms with van der Waals surface area (Å²) in [5.74, 6) is -0.991. The molecule has 228 valence electrons. The molecule has 11 nitrogen and oxygen atoms in total. The van der Waals surface area contributed by atoms with E-state index in [1.165, 1.54) is 12.1 Å². The van der Waals surface area contributed by atoms with E-state index < -0.39 is 22.8 Å². The first-order valence-electron chi connectivity index (χ1n) is 14.4. The molecule has 0 fully saturated rings. The Bertz CT molecular complexity index is 1330. The molecule has 0 aliphatic carbocycles. The number of nitro benzene ring substituents is 1. The third kappa shape index (κ3) is 8.67. The highest BCUT2D eigenvalue weighted by Gasteiger charge is 2.38. The number of carbonyl (C=O) groups is 2. The minimum absolute atomic E-state index is 0.110. The van der Waals surface area contributed by atoms with Crippen LogP contribution in [0.3, 0.4) is 0 Å². The van der Waals surface area contributed by atoms with Crippen LogP contribution in [0.4, 0.5) is 5.69 Å². The average Bonchev–Trinajstić information content (AvgIpc) is 3.42. The molecule has 0 amide bonds. The zero-order valence-corrected chi connectivity index (χ0v) is 25.3. The molecule has 0 bridgehead atoms. The Morgan fingerprint density at radius 2 is 1.60 bits per heavy atom. The third-order valence-electron chi connectivity index (χ3n) is 6.88. The van der Waals surface area contributed by atoms with Crippen LogP contribution in [-0.4, -0.2) is 46.9 Å². The SMILES string of the molecule is CC1=C(C(=O)OCCCCCCOc2cc(C(C)C)[nH]n2)C(c2cccc([N+](=O)[O-])c2)C(C(=O)OCC(C)C)=C(C)N1. The molecular weight excluding hydrogens is 540 g/mol. The van der Waals surface area contributed by atoms with Crippen molar-refractivity contribution in [3.63, 3.8) is 0 Å². The molecule has 2 aromatic rings. The van der Waals surface area contributed by atoms with Crippen molar-refractivity contribution < 1.29 is 28.7 Å². The smallest absolute Gasteiger partial charge is 0.336 e. The summed E-state index contributed by atoms with van der Waals surface area (Å²) in [4.78, 5) is 37.7. The lowest BCUT2D eigenvalue weighted by molar-refractivity contribution is -0.384. The number of allylic oxidation sites excluding steroid dienone is 2. The average molecular weight is 583 g/mol. The van der Waals surface area contributed by atoms with E-state index in [2.05, 4.69) is 29.4 Å². The molecule has 1 aromatic heterocycles. The third-order valence-corrected chi connectivity index (χ3v) is 6.88. The summed E-state index contributed by atoms with van der Waals surface area (Å²) in [6.45, 7) is 12.4. The van der Waals surface area contributed by atoms with E-state index in [4.69, 9.17) is 14.2 Å². The Labute approximate surface area is 246 Å². The number of hydrogen-bond acceptors (Lipinski definition) is 9. The predicted molar refractivity (Wildman–Crippen MR) is 158 cm³/mol. The topological polar surface area (TPSA) is 146 Å². The van der Waals surface area contributed by atoms with Crippen molar-refractivity contribution >= 4 is 17.6 Å². The summed E-state index contributed by atoms with van der Waals surface area (Å²) >= 11 is 0. The van der Waals surface area contributed by atoms with E-state index in [-0.39, 0.29) is 36.0 Å². The van der Waals surface area contributed by atoms with Crippen molar-refractivity contribution in [2.24, 2.45) is 5.92 Å². The van der Waals surface area contributed by atoms with Crippen LogP contribution in [-0.2, 0) is 19.1 Å². The van der Waals surface area contributed by atoms with Gasteiger partial charge >= 0.3 is 11.9 Å². The Morgan fingerprint density at radius 1 is 0.952 bits per heavy atom. The summed E-state index contributed by atoms with van der Waals surface area (Å²) < 4.78 is 16.9. The Morgan fingerprint density at radius 3 is 2.19 bits per heavy atom. The molecule has 0 saturated heterocycles. The fraction of sp³-hybridized carbons (Fsp3) is 0.516. The maximum absolute atomic E-state index is 13.4. The number of benzene rings is 1. The van der Waals surface area contributed by atoms with Gasteiger partial charge in [-0.3, -0.25) is 15.2 Å². The fourth-order valence-corrected chi connectivity index (χ4v) is 4.67. The Hall–Kier alpha value is -4.15. The van der Waals surface area contributed by atoms with Crippen molar-refractivity contribution in [1.29, 1.82) is 0 Å². The van der Waals surface area contributed by atoms with Gasteiger partial charge in [0.1, 0.15) is 0 Å². The van der Waals surface area contributed by atoms with Gasteiger partial charge in [-0.1, -0.05) is 39.8 Å². The van der Waals surface area contributed by atoms with Gasteiger partial charge in [0.25, 0.3) is 5.69 Å². The molecule has 0 spiro atoms. The van der Waals surface area contributed by atoms with Crippen molar-refractivity contribution in [1.82, 2.24) is 15.5 Å². The van der Waals surface area contributed by atoms with Crippen LogP contribution in [0.2, 0.25) is 0 Å². The Kier molecular flexibility index (Phi) is 11.7. The molecule has 2 heterocycles. The monoisotopic (exact) mass is 582 g/mol. The van der Waals surface area contributed by atoms with Gasteiger partial charge in [0.15, 0.2) is 0 Å². The number of dihydropyridines is 1. The van der Waals surface area contributed by atoms with Crippen LogP contribution in [0, 0.1) is 16.0 Å². The first-order chi connectivity index (χ1) is 20.0. The quantitative estimate of drug-likeness (QED) is 0.111. The van der Waals surface area contributed by atoms with E-state index in [0.29, 0.717) is 41.8 Å². The minimum atomic E-state index is -0.881. The second-order valence-electron chi connectivity index (χ2n) is 11.2. The molecule has 1 aliphatic rings. The number of aromatic amines is 1. The zero-order valence-electron chi connectivity index (χ0n) is 25.3. The van der Waals surface area contributed by atoms with Crippen molar-refractivity contribution in [3.8, 4) is 5.88 Å². The second-order valence-corrected chi connectivity index (χ2v) is 11.2. The summed E-state index contributed by atoms with van der Waals surface area (Å²) in [7, 11) is 0. The van der Waals surface area contributed by atoms with Gasteiger partial charge < -0.3 is 19.5 Å². The van der Waals surface area contributed by atoms with Gasteiger partial charge in [-0.15, -0.1) is 5.10 Å². The van der Waals surface area contributed by atoms with Crippen molar-refractivity contribution in [3.05, 3.63) is 74.2 Å². The van der Waals surface area contributed by atoms with Crippen LogP contribution >= 0.6 is 0 Å². The lowest BCUT2D eigenvalue weighted by Crippen LogP contribution is -2.33. The number of non-ortho nitro benzene ring substituents is 1. The molecule has 42 heavy (non-hydrogen) atoms. The number of H-pyrrole nitrogens is 1. The highest BCUT2D eigenvalue weighted by molar-refractivity contribution is 6.00. The molecule has 2 N–H and O–H groups in total. The van der Waals surface area contributed by atoms with Crippen LogP contribution < -0.4 is 10.1 Å². The highest BCUT2D eigenvalue weighted by atomic mass is 16.6. The molecule has 1 atom stereocenters. The number of ether oxygens (including phenoxy) is 3. The van der Waals surface area contributed by atoms with E-state index >= 15 is 0 Å². The number of nitrogens with zero attached hydrogens (tertiary/aromatic N) is 2. The van der Waals surface area contributed by atoms with Crippen molar-refractivity contribution in [2.75, 3.05) is 19.8 Å². The zero-order chi connectivity index (χ0) is 30.8. The summed E-state index contributed by atoms with van der Waals surface area (Å²) in [5, 5.41) is 21.7. The van der Waals surface area contributed by atoms with Crippen LogP contribution in [0.5, 0.6) is 5.88 Å². The van der Waals surface area contributed by atoms with E-state index in [0.717, 1.165) is 25.0 Å². The lowest BCUT2D eigenvalue weighted by Gasteiger charge is -2.30. The molecule has 11 heteroatoms. The molecule has 1 aliphatic heterocycles. The van der Waals surface area contributed by atoms with Gasteiger partial charge in [0.05, 0.1) is 41.8 Å². The number of nitro groups is 1. The predicted octanol–water partition coefficient (Wildman–Crippen LogP) is 6.06. The normalized spacial score (nSPS) is 15.2. The molecule has 0 radical (unpaired) electrons. The maximum Gasteiger partial charge on any atom is 0.336 e. The lowest BCUT2D eigenvalue weighted by atomic mass is 9.80. The number of rotatable bonds is 15. The van der Waals surface area contributed by atoms with Crippen LogP contribution in [0.1, 0.15) is 90.3 Å². The maximum atomic E-state index is 13.4. The fourth-order valence-electron chi connectivity index (χ4n) is 4.67. The first kappa shape index (κ1) is 32.4. The van der Waals surface area contributed by atoms with Crippen molar-refractivity contribution in [2.45, 2.75) is 79.1 Å². The van der Waals surface area contributed by atoms with Crippen LogP contribution in [0.25, 0.3) is 0 Å². The van der Waals surface area contributed by atoms with Gasteiger partial charge in [-0.25, -0.2) is 9.59 Å². The summed E-state index contributed by atoms with van der Waals surface area (Å²) in [6, 6.07) is 7.87. The largest absolute Gasteiger partial charge is 0.477 e. The summed E-state index contributed by atoms with van der Waals surface area (Å²) in [6.07, 6.45) is 3.23. The minimum Gasteiger partial charge on any atom is -0.477 e. The van der Waals surface area contributed by atoms with E-state index in [9.17, 15) is 19.7 Å². The second kappa shape index (κ2) is 15.2. The summed E-state index contributed by atoms with van der Waals surface area (Å²) in [5.41, 5.74) is 2.82. The molecule has 1 unspecified atom stereocenters. The number of hydrogen-bond donors (Lipinski definition) is 2. The number of unbranched alkanes of at least 4 members (excludes halogenated alkanes) is 3. The Balaban J connectivity index is 1.63. The van der Waals surface area contributed by atoms with Gasteiger partial charge in [0, 0.05) is 35.3 Å². The molecule has 0 saturated carbocycles. The standard InChI is InChI=1S/C31H42N4O7/c1-19(2)18-42-31(37)28-22(6)32-21(5)27(29(28)23-12-11-13-24(16-23)35(38)39)30(36)41-15-10-8-7-9-14-40-26-17-25(20(3)4)33-34-26/h11-13,16-17,19-20,29,32H,7-10,14-15,18H2,1-6H3,(H,33,34). The van der Waals surface area contributed by atoms with Gasteiger partial charge in [0.2, 0.25) is 5.88 Å². The number of aromatic nitrogens is 2. The van der Waals surface area contributed by atoms with E-state index in [1.54, 1.807) is 26.0 Å². The molecule has 1 aromatic carbocycles. The highest BCUT2D eigenvalue weighted by Crippen LogP contribution is 2.40. The number of nitrogens with one attached hydrogen (secondary N) is 2. The van der Waals surface area contributed by atoms with Gasteiger partial charge in [-0.05, 0) is 56.9 Å². The van der Waals surface area contributed by atoms with E-state index in [1.807, 2.05) is 19.9 Å².